The van der Waals surface area contributed by atoms with E-state index in [-0.39, 0.29) is 87.5 Å². The minimum absolute atomic E-state index is 0.00403. The number of thiophene rings is 1. The predicted molar refractivity (Wildman–Crippen MR) is 174 cm³/mol. The van der Waals surface area contributed by atoms with Crippen molar-refractivity contribution in [2.24, 2.45) is 0 Å². The fraction of sp³-hybridized carbons (Fsp3) is 0.471. The van der Waals surface area contributed by atoms with Gasteiger partial charge in [0.1, 0.15) is 41.0 Å². The van der Waals surface area contributed by atoms with Crippen LogP contribution >= 0.6 is 11.3 Å². The molecule has 9 nitrogen and oxygen atoms in total. The average molecular weight is 716 g/mol. The minimum Gasteiger partial charge on any atom is -0.461 e. The molecule has 16 heteroatoms. The lowest BCUT2D eigenvalue weighted by Gasteiger charge is -2.51. The van der Waals surface area contributed by atoms with Gasteiger partial charge in [0.15, 0.2) is 5.82 Å². The quantitative estimate of drug-likeness (QED) is 0.236. The van der Waals surface area contributed by atoms with Crippen LogP contribution in [0.1, 0.15) is 50.2 Å². The number of benzene rings is 2. The first-order valence-electron chi connectivity index (χ1n) is 16.4. The lowest BCUT2D eigenvalue weighted by Crippen LogP contribution is -2.64. The summed E-state index contributed by atoms with van der Waals surface area (Å²) in [4.78, 5) is 26.8. The molecule has 0 aliphatic carbocycles. The standard InChI is InChI=1S/C34H31F6N7O2S/c1-16(48)46-13-19-4-3-18(46)14-47(19)31-21-9-23(34(38,39)40)26(20-5-6-24(36)29-25(20)22(11-41)30(42)50-29)27(37)28(21)43-32(44-31)49-15-33-7-2-8-45(33)12-17(35)10-33/h5-6,9,17-19H,2-4,7-8,10,12-15,42H2,1H3. The van der Waals surface area contributed by atoms with Gasteiger partial charge in [-0.05, 0) is 49.9 Å². The Morgan fingerprint density at radius 3 is 2.66 bits per heavy atom. The van der Waals surface area contributed by atoms with Crippen LogP contribution in [0.4, 0.5) is 37.2 Å². The fourth-order valence-electron chi connectivity index (χ4n) is 8.59. The Labute approximate surface area is 286 Å². The van der Waals surface area contributed by atoms with E-state index in [2.05, 4.69) is 9.97 Å². The van der Waals surface area contributed by atoms with Gasteiger partial charge in [0.05, 0.1) is 21.4 Å². The second kappa shape index (κ2) is 11.6. The molecular weight excluding hydrogens is 684 g/mol. The van der Waals surface area contributed by atoms with Crippen molar-refractivity contribution in [2.45, 2.75) is 69.0 Å². The Morgan fingerprint density at radius 2 is 1.96 bits per heavy atom. The van der Waals surface area contributed by atoms with Crippen LogP contribution in [0.2, 0.25) is 0 Å². The molecule has 262 valence electrons. The Morgan fingerprint density at radius 1 is 1.18 bits per heavy atom. The number of amides is 1. The number of hydrogen-bond acceptors (Lipinski definition) is 9. The highest BCUT2D eigenvalue weighted by atomic mass is 32.1. The lowest BCUT2D eigenvalue weighted by atomic mass is 9.89. The van der Waals surface area contributed by atoms with Crippen LogP contribution in [-0.4, -0.2) is 82.3 Å². The summed E-state index contributed by atoms with van der Waals surface area (Å²) in [5, 5.41) is 9.26. The second-order valence-electron chi connectivity index (χ2n) is 13.7. The molecule has 0 saturated carbocycles. The van der Waals surface area contributed by atoms with E-state index >= 15 is 17.6 Å². The van der Waals surface area contributed by atoms with Crippen molar-refractivity contribution in [2.75, 3.05) is 43.4 Å². The summed E-state index contributed by atoms with van der Waals surface area (Å²) in [5.41, 5.74) is 1.98. The topological polar surface area (TPSA) is 112 Å². The van der Waals surface area contributed by atoms with Gasteiger partial charge in [-0.2, -0.15) is 28.4 Å². The lowest BCUT2D eigenvalue weighted by molar-refractivity contribution is -0.137. The molecule has 5 fully saturated rings. The fourth-order valence-corrected chi connectivity index (χ4v) is 9.54. The summed E-state index contributed by atoms with van der Waals surface area (Å²) in [6.45, 7) is 2.98. The van der Waals surface area contributed by atoms with Gasteiger partial charge in [-0.1, -0.05) is 6.07 Å². The van der Waals surface area contributed by atoms with Crippen LogP contribution in [0.3, 0.4) is 0 Å². The molecule has 2 bridgehead atoms. The van der Waals surface area contributed by atoms with E-state index in [1.165, 1.54) is 6.92 Å². The number of nitrogens with zero attached hydrogens (tertiary/aromatic N) is 6. The summed E-state index contributed by atoms with van der Waals surface area (Å²) in [7, 11) is 0. The largest absolute Gasteiger partial charge is 0.461 e. The molecule has 2 N–H and O–H groups in total. The van der Waals surface area contributed by atoms with Gasteiger partial charge in [-0.15, -0.1) is 11.3 Å². The second-order valence-corrected chi connectivity index (χ2v) is 14.7. The van der Waals surface area contributed by atoms with E-state index in [1.54, 1.807) is 9.80 Å². The molecule has 9 rings (SSSR count). The number of alkyl halides is 4. The van der Waals surface area contributed by atoms with E-state index in [9.17, 15) is 18.8 Å². The van der Waals surface area contributed by atoms with Gasteiger partial charge in [-0.3, -0.25) is 9.69 Å². The number of rotatable bonds is 5. The SMILES string of the molecule is CC(=O)N1CC2CCC1CN2c1nc(OCC23CCCN2CC(F)C3)nc2c(F)c(-c3ccc(F)c4sc(N)c(C#N)c34)c(C(F)(F)F)cc12. The normalized spacial score (nSPS) is 25.1. The number of halogens is 6. The van der Waals surface area contributed by atoms with Gasteiger partial charge < -0.3 is 20.3 Å². The Kier molecular flexibility index (Phi) is 7.61. The number of piperazine rings is 1. The summed E-state index contributed by atoms with van der Waals surface area (Å²) >= 11 is 0.686. The molecule has 0 radical (unpaired) electrons. The molecule has 4 atom stereocenters. The zero-order valence-corrected chi connectivity index (χ0v) is 27.6. The van der Waals surface area contributed by atoms with Gasteiger partial charge in [0.2, 0.25) is 5.91 Å². The van der Waals surface area contributed by atoms with Crippen LogP contribution in [-0.2, 0) is 11.0 Å². The zero-order chi connectivity index (χ0) is 35.3. The number of anilines is 2. The summed E-state index contributed by atoms with van der Waals surface area (Å²) in [6.07, 6.45) is -3.08. The molecule has 50 heavy (non-hydrogen) atoms. The van der Waals surface area contributed by atoms with Crippen LogP contribution < -0.4 is 15.4 Å². The van der Waals surface area contributed by atoms with Crippen molar-refractivity contribution >= 4 is 49.1 Å². The van der Waals surface area contributed by atoms with Crippen LogP contribution in [0, 0.1) is 23.0 Å². The van der Waals surface area contributed by atoms with Crippen LogP contribution in [0.5, 0.6) is 6.01 Å². The van der Waals surface area contributed by atoms with Crippen molar-refractivity contribution in [3.63, 3.8) is 0 Å². The number of nitrogens with two attached hydrogens (primary N) is 1. The summed E-state index contributed by atoms with van der Waals surface area (Å²) in [5.74, 6) is -2.27. The molecule has 0 spiro atoms. The first kappa shape index (κ1) is 32.8. The monoisotopic (exact) mass is 715 g/mol. The zero-order valence-electron chi connectivity index (χ0n) is 26.8. The first-order chi connectivity index (χ1) is 23.8. The summed E-state index contributed by atoms with van der Waals surface area (Å²) < 4.78 is 97.6. The number of piperidine rings is 2. The van der Waals surface area contributed by atoms with Crippen LogP contribution in [0.25, 0.3) is 32.1 Å². The Balaban J connectivity index is 1.34. The highest BCUT2D eigenvalue weighted by molar-refractivity contribution is 7.23. The molecule has 5 saturated heterocycles. The maximum atomic E-state index is 17.1. The average Bonchev–Trinajstić information content (AvgIpc) is 3.73. The van der Waals surface area contributed by atoms with E-state index in [0.717, 1.165) is 24.6 Å². The molecule has 5 aliphatic rings. The van der Waals surface area contributed by atoms with Crippen molar-refractivity contribution in [1.82, 2.24) is 19.8 Å². The van der Waals surface area contributed by atoms with Crippen LogP contribution in [0.15, 0.2) is 18.2 Å². The number of carbonyl (C=O) groups excluding carboxylic acids is 1. The van der Waals surface area contributed by atoms with Gasteiger partial charge in [0.25, 0.3) is 0 Å². The third-order valence-electron chi connectivity index (χ3n) is 10.8. The first-order valence-corrected chi connectivity index (χ1v) is 17.2. The molecule has 2 aromatic heterocycles. The van der Waals surface area contributed by atoms with Gasteiger partial charge in [0, 0.05) is 61.4 Å². The van der Waals surface area contributed by atoms with E-state index in [0.29, 0.717) is 43.7 Å². The minimum atomic E-state index is -5.10. The van der Waals surface area contributed by atoms with E-state index in [1.807, 2.05) is 11.0 Å². The molecule has 7 heterocycles. The number of fused-ring (bicyclic) bond motifs is 6. The highest BCUT2D eigenvalue weighted by Gasteiger charge is 2.50. The Hall–Kier alpha value is -4.36. The number of hydrogen-bond donors (Lipinski definition) is 1. The van der Waals surface area contributed by atoms with Crippen molar-refractivity contribution < 1.29 is 35.9 Å². The molecule has 4 unspecified atom stereocenters. The highest BCUT2D eigenvalue weighted by Crippen LogP contribution is 2.49. The van der Waals surface area contributed by atoms with E-state index in [4.69, 9.17) is 10.5 Å². The maximum absolute atomic E-state index is 17.1. The number of ether oxygens (including phenoxy) is 1. The predicted octanol–water partition coefficient (Wildman–Crippen LogP) is 6.42. The molecular formula is C34H31F6N7O2S. The number of nitrogen functional groups attached to an aromatic ring is 1. The van der Waals surface area contributed by atoms with Gasteiger partial charge in [-0.25, -0.2) is 13.2 Å². The molecule has 5 aliphatic heterocycles. The number of nitriles is 1. The van der Waals surface area contributed by atoms with Crippen molar-refractivity contribution in [3.8, 4) is 23.2 Å². The smallest absolute Gasteiger partial charge is 0.417 e. The van der Waals surface area contributed by atoms with Crippen molar-refractivity contribution in [1.29, 1.82) is 5.26 Å². The van der Waals surface area contributed by atoms with Crippen molar-refractivity contribution in [3.05, 3.63) is 41.0 Å². The molecule has 4 aromatic rings. The Bertz CT molecular complexity index is 2120. The third kappa shape index (κ3) is 5.03. The molecule has 2 aromatic carbocycles. The van der Waals surface area contributed by atoms with Gasteiger partial charge >= 0.3 is 12.2 Å². The number of aromatic nitrogens is 2. The van der Waals surface area contributed by atoms with E-state index < -0.39 is 46.2 Å². The molecule has 1 amide bonds. The maximum Gasteiger partial charge on any atom is 0.417 e. The number of carbonyl (C=O) groups is 1. The third-order valence-corrected chi connectivity index (χ3v) is 11.9. The summed E-state index contributed by atoms with van der Waals surface area (Å²) in [6, 6.07) is 3.70.